The number of sulfonamides is 1. The summed E-state index contributed by atoms with van der Waals surface area (Å²) in [6.07, 6.45) is -4.67. The van der Waals surface area contributed by atoms with Gasteiger partial charge in [0.15, 0.2) is 0 Å². The van der Waals surface area contributed by atoms with Crippen molar-refractivity contribution in [3.8, 4) is 5.69 Å². The summed E-state index contributed by atoms with van der Waals surface area (Å²) in [4.78, 5) is 29.1. The van der Waals surface area contributed by atoms with E-state index in [0.717, 1.165) is 23.6 Å². The number of benzene rings is 3. The molecule has 3 aromatic carbocycles. The smallest absolute Gasteiger partial charge is 0.339 e. The maximum atomic E-state index is 14.2. The Hall–Kier alpha value is -4.91. The molecule has 0 bridgehead atoms. The highest BCUT2D eigenvalue weighted by Gasteiger charge is 2.45. The Labute approximate surface area is 252 Å². The van der Waals surface area contributed by atoms with Gasteiger partial charge < -0.3 is 5.32 Å². The summed E-state index contributed by atoms with van der Waals surface area (Å²) in [7, 11) is -3.87. The van der Waals surface area contributed by atoms with Gasteiger partial charge in [-0.15, -0.1) is 0 Å². The van der Waals surface area contributed by atoms with Gasteiger partial charge in [-0.25, -0.2) is 13.1 Å². The van der Waals surface area contributed by atoms with Crippen LogP contribution in [0.1, 0.15) is 45.6 Å². The third kappa shape index (κ3) is 5.82. The Morgan fingerprint density at radius 2 is 1.75 bits per heavy atom. The van der Waals surface area contributed by atoms with Crippen LogP contribution in [0.15, 0.2) is 90.8 Å². The molecule has 0 fully saturated rings. The Balaban J connectivity index is 1.68. The number of fused-ring (bicyclic) bond motifs is 1. The molecule has 2 atom stereocenters. The van der Waals surface area contributed by atoms with Gasteiger partial charge in [-0.3, -0.25) is 19.2 Å². The monoisotopic (exact) mass is 623 g/mol. The first-order valence-corrected chi connectivity index (χ1v) is 15.1. The van der Waals surface area contributed by atoms with Crippen molar-refractivity contribution in [2.75, 3.05) is 16.2 Å². The first-order valence-electron chi connectivity index (χ1n) is 13.5. The van der Waals surface area contributed by atoms with Gasteiger partial charge in [-0.05, 0) is 61.9 Å². The van der Waals surface area contributed by atoms with E-state index < -0.39 is 45.5 Å². The Bertz CT molecular complexity index is 1860. The Kier molecular flexibility index (Phi) is 8.08. The predicted molar refractivity (Wildman–Crippen MR) is 160 cm³/mol. The van der Waals surface area contributed by atoms with Crippen molar-refractivity contribution in [3.05, 3.63) is 119 Å². The Morgan fingerprint density at radius 1 is 1.05 bits per heavy atom. The normalized spacial score (nSPS) is 16.8. The van der Waals surface area contributed by atoms with Crippen LogP contribution in [-0.4, -0.2) is 42.6 Å². The number of alkyl halides is 3. The van der Waals surface area contributed by atoms with Gasteiger partial charge in [-0.1, -0.05) is 43.0 Å². The predicted octanol–water partition coefficient (Wildman–Crippen LogP) is 5.38. The van der Waals surface area contributed by atoms with Gasteiger partial charge in [0.05, 0.1) is 16.9 Å². The second-order valence-electron chi connectivity index (χ2n) is 10.1. The molecule has 0 aliphatic carbocycles. The maximum Gasteiger partial charge on any atom is 0.416 e. The summed E-state index contributed by atoms with van der Waals surface area (Å²) in [5, 5.41) is 8.18. The molecular weight excluding hydrogens is 595 g/mol. The molecule has 0 spiro atoms. The van der Waals surface area contributed by atoms with Gasteiger partial charge in [0.2, 0.25) is 0 Å². The van der Waals surface area contributed by atoms with E-state index in [1.807, 2.05) is 30.3 Å². The van der Waals surface area contributed by atoms with Crippen LogP contribution in [0.5, 0.6) is 0 Å². The van der Waals surface area contributed by atoms with E-state index in [4.69, 9.17) is 5.10 Å². The standard InChI is InChI=1S/C31H28F3N5O4S/c1-4-38-29-25(19(3)36-39(29)24-15-7-6-8-16-24)26(20-11-10-14-23(18-20)37-44(42,43)5-2)27(30(38)41)35-28(40)21-12-9-13-22(17-21)31(32,33)34/h5-18,26-27,37H,2,4H2,1,3H3,(H,35,40)/t26-,27+/m1/s1. The van der Waals surface area contributed by atoms with Crippen molar-refractivity contribution in [1.82, 2.24) is 15.1 Å². The third-order valence-corrected chi connectivity index (χ3v) is 8.25. The molecule has 4 aromatic rings. The minimum absolute atomic E-state index is 0.186. The number of hydrogen-bond acceptors (Lipinski definition) is 5. The summed E-state index contributed by atoms with van der Waals surface area (Å²) in [6.45, 7) is 7.02. The highest BCUT2D eigenvalue weighted by Crippen LogP contribution is 2.44. The van der Waals surface area contributed by atoms with Crippen molar-refractivity contribution < 1.29 is 31.2 Å². The van der Waals surface area contributed by atoms with Crippen LogP contribution in [0.25, 0.3) is 5.69 Å². The summed E-state index contributed by atoms with van der Waals surface area (Å²) in [5.74, 6) is -1.82. The lowest BCUT2D eigenvalue weighted by Gasteiger charge is -2.38. The zero-order valence-corrected chi connectivity index (χ0v) is 24.5. The van der Waals surface area contributed by atoms with Gasteiger partial charge in [-0.2, -0.15) is 18.3 Å². The number of halogens is 3. The van der Waals surface area contributed by atoms with E-state index in [2.05, 4.69) is 16.6 Å². The highest BCUT2D eigenvalue weighted by atomic mass is 32.2. The van der Waals surface area contributed by atoms with Crippen LogP contribution in [0.3, 0.4) is 0 Å². The second kappa shape index (κ2) is 11.6. The number of para-hydroxylation sites is 1. The molecule has 13 heteroatoms. The van der Waals surface area contributed by atoms with Gasteiger partial charge in [0.25, 0.3) is 21.8 Å². The number of hydrogen-bond donors (Lipinski definition) is 2. The third-order valence-electron chi connectivity index (χ3n) is 7.29. The molecule has 1 aromatic heterocycles. The SMILES string of the molecule is C=CS(=O)(=O)Nc1cccc([C@@H]2c3c(C)nn(-c4ccccc4)c3N(CC)C(=O)[C@H]2NC(=O)c2cccc(C(F)(F)F)c2)c1. The molecule has 5 rings (SSSR count). The van der Waals surface area contributed by atoms with E-state index in [9.17, 15) is 31.2 Å². The number of nitrogens with one attached hydrogen (secondary N) is 2. The molecule has 1 aliphatic heterocycles. The number of carbonyl (C=O) groups excluding carboxylic acids is 2. The van der Waals surface area contributed by atoms with Crippen LogP contribution in [0.4, 0.5) is 24.7 Å². The summed E-state index contributed by atoms with van der Waals surface area (Å²) >= 11 is 0. The lowest BCUT2D eigenvalue weighted by Crippen LogP contribution is -2.55. The minimum atomic E-state index is -4.67. The van der Waals surface area contributed by atoms with E-state index in [1.165, 1.54) is 23.1 Å². The first kappa shape index (κ1) is 30.5. The fourth-order valence-corrected chi connectivity index (χ4v) is 5.89. The molecule has 228 valence electrons. The molecule has 2 N–H and O–H groups in total. The molecule has 1 aliphatic rings. The average molecular weight is 624 g/mol. The number of amides is 2. The van der Waals surface area contributed by atoms with Crippen molar-refractivity contribution in [2.24, 2.45) is 0 Å². The molecule has 0 radical (unpaired) electrons. The van der Waals surface area contributed by atoms with E-state index >= 15 is 0 Å². The quantitative estimate of drug-likeness (QED) is 0.274. The first-order chi connectivity index (χ1) is 20.8. The van der Waals surface area contributed by atoms with Crippen LogP contribution < -0.4 is 14.9 Å². The van der Waals surface area contributed by atoms with Crippen molar-refractivity contribution in [1.29, 1.82) is 0 Å². The van der Waals surface area contributed by atoms with Crippen LogP contribution in [-0.2, 0) is 21.0 Å². The zero-order chi connectivity index (χ0) is 31.8. The van der Waals surface area contributed by atoms with E-state index in [0.29, 0.717) is 28.3 Å². The van der Waals surface area contributed by atoms with Gasteiger partial charge in [0.1, 0.15) is 11.9 Å². The average Bonchev–Trinajstić information content (AvgIpc) is 3.33. The highest BCUT2D eigenvalue weighted by molar-refractivity contribution is 7.95. The van der Waals surface area contributed by atoms with Crippen molar-refractivity contribution in [3.63, 3.8) is 0 Å². The molecule has 0 saturated carbocycles. The zero-order valence-electron chi connectivity index (χ0n) is 23.7. The minimum Gasteiger partial charge on any atom is -0.339 e. The number of aromatic nitrogens is 2. The fourth-order valence-electron chi connectivity index (χ4n) is 5.35. The number of nitrogens with zero attached hydrogens (tertiary/aromatic N) is 3. The Morgan fingerprint density at radius 3 is 2.41 bits per heavy atom. The number of anilines is 2. The number of aryl methyl sites for hydroxylation is 1. The molecule has 9 nitrogen and oxygen atoms in total. The molecule has 2 amide bonds. The lowest BCUT2D eigenvalue weighted by atomic mass is 9.81. The number of carbonyl (C=O) groups is 2. The van der Waals surface area contributed by atoms with E-state index in [1.54, 1.807) is 30.7 Å². The van der Waals surface area contributed by atoms with Crippen molar-refractivity contribution in [2.45, 2.75) is 32.0 Å². The maximum absolute atomic E-state index is 14.2. The van der Waals surface area contributed by atoms with Crippen molar-refractivity contribution >= 4 is 33.3 Å². The molecule has 0 unspecified atom stereocenters. The fraction of sp³-hybridized carbons (Fsp3) is 0.194. The molecule has 2 heterocycles. The molecule has 44 heavy (non-hydrogen) atoms. The summed E-state index contributed by atoms with van der Waals surface area (Å²) < 4.78 is 68.7. The van der Waals surface area contributed by atoms with Gasteiger partial charge >= 0.3 is 6.18 Å². The molecule has 0 saturated heterocycles. The second-order valence-corrected chi connectivity index (χ2v) is 11.7. The summed E-state index contributed by atoms with van der Waals surface area (Å²) in [6, 6.07) is 18.1. The number of rotatable bonds is 8. The van der Waals surface area contributed by atoms with Crippen LogP contribution in [0, 0.1) is 6.92 Å². The van der Waals surface area contributed by atoms with Crippen LogP contribution in [0.2, 0.25) is 0 Å². The topological polar surface area (TPSA) is 113 Å². The van der Waals surface area contributed by atoms with Crippen LogP contribution >= 0.6 is 0 Å². The lowest BCUT2D eigenvalue weighted by molar-refractivity contribution is -0.137. The molecular formula is C31H28F3N5O4S. The van der Waals surface area contributed by atoms with Gasteiger partial charge in [0, 0.05) is 34.7 Å². The van der Waals surface area contributed by atoms with E-state index in [-0.39, 0.29) is 17.8 Å². The largest absolute Gasteiger partial charge is 0.416 e. The summed E-state index contributed by atoms with van der Waals surface area (Å²) in [5.41, 5.74) is 1.18. The number of likely N-dealkylation sites (N-methyl/N-ethyl adjacent to an activating group) is 1.